The van der Waals surface area contributed by atoms with Crippen LogP contribution in [0.5, 0.6) is 0 Å². The lowest BCUT2D eigenvalue weighted by atomic mass is 10.2. The van der Waals surface area contributed by atoms with Crippen LogP contribution in [0.2, 0.25) is 0 Å². The number of benzene rings is 1. The van der Waals surface area contributed by atoms with Gasteiger partial charge in [0.25, 0.3) is 15.9 Å². The Morgan fingerprint density at radius 3 is 2.64 bits per heavy atom. The second-order valence-electron chi connectivity index (χ2n) is 4.32. The number of rotatable bonds is 4. The van der Waals surface area contributed by atoms with Gasteiger partial charge in [0.05, 0.1) is 5.56 Å². The van der Waals surface area contributed by atoms with Crippen molar-refractivity contribution < 1.29 is 13.2 Å². The lowest BCUT2D eigenvalue weighted by Crippen LogP contribution is -2.42. The van der Waals surface area contributed by atoms with Gasteiger partial charge in [0.15, 0.2) is 0 Å². The van der Waals surface area contributed by atoms with E-state index in [-0.39, 0.29) is 16.2 Å². The molecule has 0 aliphatic rings. The van der Waals surface area contributed by atoms with Gasteiger partial charge in [0.1, 0.15) is 16.7 Å². The first-order chi connectivity index (χ1) is 10.3. The molecule has 1 aromatic carbocycles. The Kier molecular flexibility index (Phi) is 4.65. The van der Waals surface area contributed by atoms with Gasteiger partial charge in [0, 0.05) is 17.7 Å². The van der Waals surface area contributed by atoms with Gasteiger partial charge >= 0.3 is 0 Å². The highest BCUT2D eigenvalue weighted by Gasteiger charge is 2.20. The number of halogens is 1. The van der Waals surface area contributed by atoms with E-state index < -0.39 is 15.9 Å². The molecule has 2 aromatic rings. The number of carbonyl (C=O) groups is 1. The van der Waals surface area contributed by atoms with E-state index >= 15 is 0 Å². The van der Waals surface area contributed by atoms with E-state index in [1.807, 2.05) is 4.83 Å². The number of hydrogen-bond donors (Lipinski definition) is 2. The minimum absolute atomic E-state index is 0.00846. The third-order valence-corrected chi connectivity index (χ3v) is 4.54. The van der Waals surface area contributed by atoms with Crippen molar-refractivity contribution in [1.82, 2.24) is 14.8 Å². The summed E-state index contributed by atoms with van der Waals surface area (Å²) in [6, 6.07) is 9.05. The summed E-state index contributed by atoms with van der Waals surface area (Å²) in [5.41, 5.74) is 2.37. The zero-order chi connectivity index (χ0) is 16.3. The first kappa shape index (κ1) is 16.2. The van der Waals surface area contributed by atoms with Gasteiger partial charge in [-0.2, -0.15) is 5.26 Å². The number of hydrogen-bond acceptors (Lipinski definition) is 4. The van der Waals surface area contributed by atoms with Gasteiger partial charge in [-0.3, -0.25) is 10.2 Å². The topological polar surface area (TPSA) is 104 Å². The van der Waals surface area contributed by atoms with Crippen molar-refractivity contribution in [3.05, 3.63) is 52.3 Å². The standard InChI is InChI=1S/C13H11BrN4O3S/c1-18-8-10(14)6-11(18)13(19)16-17-22(20,21)12-5-3-2-4-9(12)7-15/h2-6,8,17H,1H3,(H,16,19). The van der Waals surface area contributed by atoms with Crippen LogP contribution in [0, 0.1) is 11.3 Å². The van der Waals surface area contributed by atoms with Crippen molar-refractivity contribution in [3.8, 4) is 6.07 Å². The summed E-state index contributed by atoms with van der Waals surface area (Å²) in [5.74, 6) is -0.619. The van der Waals surface area contributed by atoms with Crippen molar-refractivity contribution >= 4 is 31.9 Å². The molecule has 0 fully saturated rings. The highest BCUT2D eigenvalue weighted by Crippen LogP contribution is 2.15. The first-order valence-corrected chi connectivity index (χ1v) is 8.26. The second-order valence-corrected chi connectivity index (χ2v) is 6.89. The van der Waals surface area contributed by atoms with Crippen molar-refractivity contribution in [1.29, 1.82) is 5.26 Å². The van der Waals surface area contributed by atoms with Crippen LogP contribution in [-0.4, -0.2) is 18.9 Å². The fourth-order valence-corrected chi connectivity index (χ4v) is 3.30. The Labute approximate surface area is 135 Å². The zero-order valence-electron chi connectivity index (χ0n) is 11.4. The molecule has 7 nitrogen and oxygen atoms in total. The number of aromatic nitrogens is 1. The third-order valence-electron chi connectivity index (χ3n) is 2.80. The van der Waals surface area contributed by atoms with Crippen molar-refractivity contribution in [2.24, 2.45) is 7.05 Å². The van der Waals surface area contributed by atoms with E-state index in [4.69, 9.17) is 5.26 Å². The second kappa shape index (κ2) is 6.31. The highest BCUT2D eigenvalue weighted by atomic mass is 79.9. The largest absolute Gasteiger partial charge is 0.345 e. The Balaban J connectivity index is 2.19. The van der Waals surface area contributed by atoms with Crippen LogP contribution in [0.1, 0.15) is 16.1 Å². The Morgan fingerprint density at radius 2 is 2.05 bits per heavy atom. The lowest BCUT2D eigenvalue weighted by molar-refractivity contribution is 0.0937. The Morgan fingerprint density at radius 1 is 1.36 bits per heavy atom. The number of nitriles is 1. The van der Waals surface area contributed by atoms with Gasteiger partial charge in [-0.25, -0.2) is 8.42 Å². The molecule has 0 spiro atoms. The quantitative estimate of drug-likeness (QED) is 0.777. The number of amides is 1. The number of nitrogens with one attached hydrogen (secondary N) is 2. The minimum Gasteiger partial charge on any atom is -0.345 e. The fraction of sp³-hybridized carbons (Fsp3) is 0.0769. The molecule has 0 unspecified atom stereocenters. The molecule has 1 aromatic heterocycles. The molecule has 1 amide bonds. The SMILES string of the molecule is Cn1cc(Br)cc1C(=O)NNS(=O)(=O)c1ccccc1C#N. The molecule has 2 N–H and O–H groups in total. The van der Waals surface area contributed by atoms with Gasteiger partial charge < -0.3 is 4.57 Å². The molecule has 0 aliphatic carbocycles. The zero-order valence-corrected chi connectivity index (χ0v) is 13.8. The molecule has 2 rings (SSSR count). The van der Waals surface area contributed by atoms with E-state index in [0.29, 0.717) is 4.47 Å². The van der Waals surface area contributed by atoms with Gasteiger partial charge in [-0.15, -0.1) is 4.83 Å². The lowest BCUT2D eigenvalue weighted by Gasteiger charge is -2.09. The Bertz CT molecular complexity index is 868. The maximum atomic E-state index is 12.1. The van der Waals surface area contributed by atoms with Crippen LogP contribution in [0.15, 0.2) is 45.9 Å². The smallest absolute Gasteiger partial charge is 0.282 e. The highest BCUT2D eigenvalue weighted by molar-refractivity contribution is 9.10. The number of carbonyl (C=O) groups excluding carboxylic acids is 1. The van der Waals surface area contributed by atoms with Crippen LogP contribution in [0.25, 0.3) is 0 Å². The summed E-state index contributed by atoms with van der Waals surface area (Å²) in [4.78, 5) is 13.7. The van der Waals surface area contributed by atoms with E-state index in [1.165, 1.54) is 22.8 Å². The molecule has 22 heavy (non-hydrogen) atoms. The molecular weight excluding hydrogens is 372 g/mol. The summed E-state index contributed by atoms with van der Waals surface area (Å²) in [6.45, 7) is 0. The molecule has 0 atom stereocenters. The van der Waals surface area contributed by atoms with Gasteiger partial charge in [0.2, 0.25) is 0 Å². The van der Waals surface area contributed by atoms with Crippen molar-refractivity contribution in [2.75, 3.05) is 0 Å². The number of sulfonamides is 1. The molecule has 1 heterocycles. The number of nitrogens with zero attached hydrogens (tertiary/aromatic N) is 2. The molecule has 114 valence electrons. The molecule has 0 radical (unpaired) electrons. The molecular formula is C13H11BrN4O3S. The molecule has 9 heteroatoms. The third kappa shape index (κ3) is 3.36. The van der Waals surface area contributed by atoms with E-state index in [1.54, 1.807) is 31.4 Å². The predicted octanol–water partition coefficient (Wildman–Crippen LogP) is 1.28. The minimum atomic E-state index is -4.04. The molecule has 0 bridgehead atoms. The van der Waals surface area contributed by atoms with Crippen molar-refractivity contribution in [2.45, 2.75) is 4.90 Å². The van der Waals surface area contributed by atoms with Crippen LogP contribution in [-0.2, 0) is 17.1 Å². The molecule has 0 saturated carbocycles. The van der Waals surface area contributed by atoms with Crippen LogP contribution in [0.3, 0.4) is 0 Å². The van der Waals surface area contributed by atoms with Gasteiger partial charge in [-0.1, -0.05) is 12.1 Å². The van der Waals surface area contributed by atoms with Crippen molar-refractivity contribution in [3.63, 3.8) is 0 Å². The van der Waals surface area contributed by atoms with E-state index in [0.717, 1.165) is 0 Å². The summed E-state index contributed by atoms with van der Waals surface area (Å²) in [6.07, 6.45) is 1.66. The van der Waals surface area contributed by atoms with Crippen LogP contribution < -0.4 is 10.3 Å². The number of aryl methyl sites for hydroxylation is 1. The maximum Gasteiger partial charge on any atom is 0.282 e. The predicted molar refractivity (Wildman–Crippen MR) is 82.1 cm³/mol. The summed E-state index contributed by atoms with van der Waals surface area (Å²) < 4.78 is 26.5. The monoisotopic (exact) mass is 382 g/mol. The molecule has 0 saturated heterocycles. The fourth-order valence-electron chi connectivity index (χ4n) is 1.78. The molecule has 0 aliphatic heterocycles. The van der Waals surface area contributed by atoms with E-state index in [2.05, 4.69) is 21.4 Å². The van der Waals surface area contributed by atoms with Crippen LogP contribution >= 0.6 is 15.9 Å². The average Bonchev–Trinajstić information content (AvgIpc) is 2.83. The van der Waals surface area contributed by atoms with Gasteiger partial charge in [-0.05, 0) is 34.1 Å². The summed E-state index contributed by atoms with van der Waals surface area (Å²) >= 11 is 3.22. The number of hydrazine groups is 1. The average molecular weight is 383 g/mol. The first-order valence-electron chi connectivity index (χ1n) is 5.98. The van der Waals surface area contributed by atoms with Crippen LogP contribution in [0.4, 0.5) is 0 Å². The Hall–Kier alpha value is -2.15. The van der Waals surface area contributed by atoms with E-state index in [9.17, 15) is 13.2 Å². The summed E-state index contributed by atoms with van der Waals surface area (Å²) in [7, 11) is -2.39. The normalized spacial score (nSPS) is 11.0. The summed E-state index contributed by atoms with van der Waals surface area (Å²) in [5, 5.41) is 8.94. The maximum absolute atomic E-state index is 12.1.